The maximum absolute atomic E-state index is 10.4. The number of hydrogen-bond acceptors (Lipinski definition) is 4. The summed E-state index contributed by atoms with van der Waals surface area (Å²) in [7, 11) is 0. The van der Waals surface area contributed by atoms with E-state index in [1.807, 2.05) is 25.1 Å². The van der Waals surface area contributed by atoms with Gasteiger partial charge in [-0.1, -0.05) is 23.9 Å². The van der Waals surface area contributed by atoms with Gasteiger partial charge < -0.3 is 5.11 Å². The molecule has 0 bridgehead atoms. The highest BCUT2D eigenvalue weighted by atomic mass is 32.2. The van der Waals surface area contributed by atoms with Gasteiger partial charge >= 0.3 is 5.97 Å². The molecule has 0 spiro atoms. The summed E-state index contributed by atoms with van der Waals surface area (Å²) < 4.78 is 1.96. The van der Waals surface area contributed by atoms with Crippen LogP contribution in [-0.2, 0) is 4.79 Å². The van der Waals surface area contributed by atoms with Crippen molar-refractivity contribution < 1.29 is 9.90 Å². The van der Waals surface area contributed by atoms with Crippen molar-refractivity contribution in [3.8, 4) is 0 Å². The zero-order chi connectivity index (χ0) is 10.8. The number of nitrogens with zero attached hydrogens (tertiary/aromatic N) is 1. The van der Waals surface area contributed by atoms with Crippen LogP contribution in [0.25, 0.3) is 10.2 Å². The number of hydrogen-bond donors (Lipinski definition) is 1. The Morgan fingerprint density at radius 3 is 3.07 bits per heavy atom. The molecule has 0 unspecified atom stereocenters. The van der Waals surface area contributed by atoms with Crippen molar-refractivity contribution >= 4 is 39.3 Å². The molecule has 1 aromatic heterocycles. The Bertz CT molecular complexity index is 507. The van der Waals surface area contributed by atoms with Crippen LogP contribution in [0.5, 0.6) is 0 Å². The zero-order valence-corrected chi connectivity index (χ0v) is 9.69. The normalized spacial score (nSPS) is 10.7. The molecule has 2 rings (SSSR count). The minimum Gasteiger partial charge on any atom is -0.481 e. The van der Waals surface area contributed by atoms with Gasteiger partial charge in [0, 0.05) is 0 Å². The molecule has 0 saturated heterocycles. The molecule has 1 N–H and O–H groups in total. The first-order valence-electron chi connectivity index (χ1n) is 4.37. The minimum atomic E-state index is -0.809. The number of carboxylic acids is 1. The lowest BCUT2D eigenvalue weighted by molar-refractivity contribution is -0.133. The average Bonchev–Trinajstić information content (AvgIpc) is 2.59. The molecule has 2 aromatic rings. The Morgan fingerprint density at radius 1 is 1.60 bits per heavy atom. The smallest absolute Gasteiger partial charge is 0.313 e. The summed E-state index contributed by atoms with van der Waals surface area (Å²) in [6.45, 7) is 2.03. The first-order valence-corrected chi connectivity index (χ1v) is 6.18. The van der Waals surface area contributed by atoms with Gasteiger partial charge in [-0.3, -0.25) is 4.79 Å². The Balaban J connectivity index is 2.31. The van der Waals surface area contributed by atoms with Crippen LogP contribution in [0, 0.1) is 6.92 Å². The summed E-state index contributed by atoms with van der Waals surface area (Å²) >= 11 is 2.83. The van der Waals surface area contributed by atoms with Crippen LogP contribution in [0.3, 0.4) is 0 Å². The van der Waals surface area contributed by atoms with E-state index in [1.165, 1.54) is 17.3 Å². The molecule has 15 heavy (non-hydrogen) atoms. The van der Waals surface area contributed by atoms with Gasteiger partial charge in [0.1, 0.15) is 0 Å². The van der Waals surface area contributed by atoms with Crippen LogP contribution in [0.1, 0.15) is 5.56 Å². The molecular formula is C10H9NO2S2. The molecule has 0 saturated carbocycles. The van der Waals surface area contributed by atoms with Crippen LogP contribution < -0.4 is 0 Å². The standard InChI is InChI=1S/C10H9NO2S2/c1-6-3-2-4-7-9(6)15-10(11-7)14-5-8(12)13/h2-4H,5H2,1H3,(H,12,13). The van der Waals surface area contributed by atoms with E-state index in [9.17, 15) is 4.79 Å². The quantitative estimate of drug-likeness (QED) is 0.837. The van der Waals surface area contributed by atoms with E-state index < -0.39 is 5.97 Å². The van der Waals surface area contributed by atoms with E-state index in [-0.39, 0.29) is 5.75 Å². The number of carboxylic acid groups (broad SMARTS) is 1. The molecule has 0 aliphatic heterocycles. The predicted molar refractivity (Wildman–Crippen MR) is 62.7 cm³/mol. The Morgan fingerprint density at radius 2 is 2.40 bits per heavy atom. The number of thiazole rings is 1. The molecule has 1 heterocycles. The highest BCUT2D eigenvalue weighted by molar-refractivity contribution is 8.01. The molecule has 1 aromatic carbocycles. The van der Waals surface area contributed by atoms with Gasteiger partial charge in [0.15, 0.2) is 4.34 Å². The third kappa shape index (κ3) is 2.30. The van der Waals surface area contributed by atoms with E-state index in [0.717, 1.165) is 14.6 Å². The number of aliphatic carboxylic acids is 1. The van der Waals surface area contributed by atoms with E-state index in [2.05, 4.69) is 4.98 Å². The number of benzene rings is 1. The minimum absolute atomic E-state index is 0.0683. The molecular weight excluding hydrogens is 230 g/mol. The summed E-state index contributed by atoms with van der Waals surface area (Å²) in [6, 6.07) is 5.94. The molecule has 0 amide bonds. The fraction of sp³-hybridized carbons (Fsp3) is 0.200. The van der Waals surface area contributed by atoms with Crippen molar-refractivity contribution in [3.63, 3.8) is 0 Å². The van der Waals surface area contributed by atoms with Crippen molar-refractivity contribution in [1.82, 2.24) is 4.98 Å². The Labute approximate surface area is 95.1 Å². The Hall–Kier alpha value is -1.07. The van der Waals surface area contributed by atoms with Gasteiger partial charge in [-0.25, -0.2) is 4.98 Å². The summed E-state index contributed by atoms with van der Waals surface area (Å²) in [5.41, 5.74) is 2.14. The number of rotatable bonds is 3. The van der Waals surface area contributed by atoms with E-state index in [0.29, 0.717) is 0 Å². The fourth-order valence-corrected chi connectivity index (χ4v) is 3.09. The number of aryl methyl sites for hydroxylation is 1. The highest BCUT2D eigenvalue weighted by Gasteiger charge is 2.07. The van der Waals surface area contributed by atoms with E-state index in [1.54, 1.807) is 11.3 Å². The first kappa shape index (κ1) is 10.4. The van der Waals surface area contributed by atoms with Gasteiger partial charge in [-0.2, -0.15) is 0 Å². The second-order valence-corrected chi connectivity index (χ2v) is 5.31. The maximum atomic E-state index is 10.4. The second kappa shape index (κ2) is 4.20. The van der Waals surface area contributed by atoms with Crippen LogP contribution in [0.2, 0.25) is 0 Å². The first-order chi connectivity index (χ1) is 7.16. The zero-order valence-electron chi connectivity index (χ0n) is 8.06. The van der Waals surface area contributed by atoms with E-state index >= 15 is 0 Å². The fourth-order valence-electron chi connectivity index (χ4n) is 1.25. The maximum Gasteiger partial charge on any atom is 0.313 e. The number of carbonyl (C=O) groups is 1. The largest absolute Gasteiger partial charge is 0.481 e. The van der Waals surface area contributed by atoms with Gasteiger partial charge in [0.2, 0.25) is 0 Å². The predicted octanol–water partition coefficient (Wildman–Crippen LogP) is 2.78. The third-order valence-corrected chi connectivity index (χ3v) is 4.25. The number of fused-ring (bicyclic) bond motifs is 1. The van der Waals surface area contributed by atoms with Crippen molar-refractivity contribution in [2.75, 3.05) is 5.75 Å². The topological polar surface area (TPSA) is 50.2 Å². The molecule has 78 valence electrons. The summed E-state index contributed by atoms with van der Waals surface area (Å²) in [6.07, 6.45) is 0. The van der Waals surface area contributed by atoms with Gasteiger partial charge in [-0.15, -0.1) is 11.3 Å². The van der Waals surface area contributed by atoms with Gasteiger partial charge in [0.25, 0.3) is 0 Å². The third-order valence-electron chi connectivity index (χ3n) is 1.91. The van der Waals surface area contributed by atoms with Crippen LogP contribution in [0.15, 0.2) is 22.5 Å². The molecule has 0 atom stereocenters. The molecule has 0 fully saturated rings. The highest BCUT2D eigenvalue weighted by Crippen LogP contribution is 2.31. The van der Waals surface area contributed by atoms with Gasteiger partial charge in [-0.05, 0) is 18.6 Å². The van der Waals surface area contributed by atoms with Crippen molar-refractivity contribution in [2.45, 2.75) is 11.3 Å². The lowest BCUT2D eigenvalue weighted by Gasteiger charge is -1.90. The molecule has 3 nitrogen and oxygen atoms in total. The molecule has 0 aliphatic rings. The molecule has 0 radical (unpaired) electrons. The summed E-state index contributed by atoms with van der Waals surface area (Å²) in [5.74, 6) is -0.741. The number of thioether (sulfide) groups is 1. The summed E-state index contributed by atoms with van der Waals surface area (Å²) in [4.78, 5) is 14.8. The average molecular weight is 239 g/mol. The van der Waals surface area contributed by atoms with Crippen LogP contribution in [0.4, 0.5) is 0 Å². The van der Waals surface area contributed by atoms with Gasteiger partial charge in [0.05, 0.1) is 16.0 Å². The Kier molecular flexibility index (Phi) is 2.93. The van der Waals surface area contributed by atoms with E-state index in [4.69, 9.17) is 5.11 Å². The van der Waals surface area contributed by atoms with Crippen molar-refractivity contribution in [3.05, 3.63) is 23.8 Å². The van der Waals surface area contributed by atoms with Crippen molar-refractivity contribution in [2.24, 2.45) is 0 Å². The van der Waals surface area contributed by atoms with Crippen molar-refractivity contribution in [1.29, 1.82) is 0 Å². The van der Waals surface area contributed by atoms with Crippen LogP contribution in [-0.4, -0.2) is 21.8 Å². The molecule has 5 heteroatoms. The SMILES string of the molecule is Cc1cccc2nc(SCC(=O)O)sc12. The second-order valence-electron chi connectivity index (χ2n) is 3.09. The summed E-state index contributed by atoms with van der Waals surface area (Å²) in [5, 5.41) is 8.56. The lowest BCUT2D eigenvalue weighted by atomic mass is 10.2. The lowest BCUT2D eigenvalue weighted by Crippen LogP contribution is -1.96. The monoisotopic (exact) mass is 239 g/mol. The molecule has 0 aliphatic carbocycles. The number of aromatic nitrogens is 1. The van der Waals surface area contributed by atoms with Crippen LogP contribution >= 0.6 is 23.1 Å².